The number of carbonyl (C=O) groups is 2. The summed E-state index contributed by atoms with van der Waals surface area (Å²) in [6, 6.07) is 21.4. The van der Waals surface area contributed by atoms with E-state index < -0.39 is 23.6 Å². The summed E-state index contributed by atoms with van der Waals surface area (Å²) in [6.07, 6.45) is 2.69. The first kappa shape index (κ1) is 26.6. The van der Waals surface area contributed by atoms with Gasteiger partial charge in [-0.15, -0.1) is 0 Å². The number of aromatic amines is 1. The molecule has 0 aliphatic rings. The van der Waals surface area contributed by atoms with Gasteiger partial charge in [-0.25, -0.2) is 14.2 Å². The normalized spacial score (nSPS) is 12.1. The average Bonchev–Trinajstić information content (AvgIpc) is 3.31. The molecule has 3 aromatic heterocycles. The summed E-state index contributed by atoms with van der Waals surface area (Å²) >= 11 is 0. The second-order valence-electron chi connectivity index (χ2n) is 10.2. The molecule has 8 nitrogen and oxygen atoms in total. The van der Waals surface area contributed by atoms with Crippen LogP contribution in [0, 0.1) is 5.82 Å². The van der Waals surface area contributed by atoms with Crippen molar-refractivity contribution in [2.75, 3.05) is 5.32 Å². The van der Waals surface area contributed by atoms with Crippen molar-refractivity contribution in [2.45, 2.75) is 32.4 Å². The molecule has 1 atom stereocenters. The lowest BCUT2D eigenvalue weighted by atomic mass is 10.00. The Hall–Kier alpha value is -5.05. The second kappa shape index (κ2) is 11.0. The molecule has 5 rings (SSSR count). The number of pyridine rings is 2. The number of nitrogens with one attached hydrogen (secondary N) is 3. The molecule has 0 saturated carbocycles. The minimum Gasteiger partial charge on any atom is -0.444 e. The molecule has 0 unspecified atom stereocenters. The maximum atomic E-state index is 13.6. The van der Waals surface area contributed by atoms with Crippen LogP contribution in [0.1, 0.15) is 32.4 Å². The van der Waals surface area contributed by atoms with Gasteiger partial charge in [0.2, 0.25) is 0 Å². The van der Waals surface area contributed by atoms with E-state index in [0.717, 1.165) is 27.8 Å². The SMILES string of the molecule is CC(C)(C)OC(=O)N[C@@H](C(=O)Nc1ccc2c(-c3ccncc3)c(-c3ccc(F)cc3)[nH]c2n1)c1ccccc1. The molecule has 3 heterocycles. The van der Waals surface area contributed by atoms with Crippen molar-refractivity contribution >= 4 is 28.9 Å². The van der Waals surface area contributed by atoms with E-state index in [9.17, 15) is 14.0 Å². The smallest absolute Gasteiger partial charge is 0.408 e. The molecule has 2 aromatic carbocycles. The van der Waals surface area contributed by atoms with Crippen molar-refractivity contribution < 1.29 is 18.7 Å². The van der Waals surface area contributed by atoms with E-state index >= 15 is 0 Å². The van der Waals surface area contributed by atoms with E-state index in [-0.39, 0.29) is 11.6 Å². The van der Waals surface area contributed by atoms with Crippen molar-refractivity contribution in [3.05, 3.63) is 103 Å². The Morgan fingerprint density at radius 3 is 2.27 bits per heavy atom. The fraction of sp³-hybridized carbons (Fsp3) is 0.161. The number of hydrogen-bond donors (Lipinski definition) is 3. The first-order valence-corrected chi connectivity index (χ1v) is 12.7. The summed E-state index contributed by atoms with van der Waals surface area (Å²) in [6.45, 7) is 5.25. The van der Waals surface area contributed by atoms with Crippen LogP contribution in [0.2, 0.25) is 0 Å². The zero-order chi connectivity index (χ0) is 28.3. The number of H-pyrrole nitrogens is 1. The van der Waals surface area contributed by atoms with E-state index in [1.54, 1.807) is 75.6 Å². The van der Waals surface area contributed by atoms with Gasteiger partial charge >= 0.3 is 6.09 Å². The number of halogens is 1. The van der Waals surface area contributed by atoms with E-state index in [0.29, 0.717) is 11.2 Å². The van der Waals surface area contributed by atoms with E-state index in [4.69, 9.17) is 4.74 Å². The van der Waals surface area contributed by atoms with Crippen molar-refractivity contribution in [1.29, 1.82) is 0 Å². The highest BCUT2D eigenvalue weighted by molar-refractivity contribution is 6.04. The fourth-order valence-corrected chi connectivity index (χ4v) is 4.36. The molecule has 0 radical (unpaired) electrons. The van der Waals surface area contributed by atoms with Gasteiger partial charge in [-0.1, -0.05) is 30.3 Å². The summed E-state index contributed by atoms with van der Waals surface area (Å²) < 4.78 is 19.0. The van der Waals surface area contributed by atoms with Crippen LogP contribution in [0.25, 0.3) is 33.4 Å². The third-order valence-corrected chi connectivity index (χ3v) is 6.07. The van der Waals surface area contributed by atoms with Crippen LogP contribution in [-0.2, 0) is 9.53 Å². The highest BCUT2D eigenvalue weighted by atomic mass is 19.1. The standard InChI is InChI=1S/C31H28FN5O3/c1-31(2,3)40-30(39)37-27(20-7-5-4-6-8-20)29(38)35-24-14-13-23-25(19-15-17-33-18-16-19)26(36-28(23)34-24)21-9-11-22(32)12-10-21/h4-18,27H,1-3H3,(H,37,39)(H2,34,35,36,38)/t27-/m1/s1. The van der Waals surface area contributed by atoms with Gasteiger partial charge in [-0.05, 0) is 86.0 Å². The van der Waals surface area contributed by atoms with Gasteiger partial charge in [0.15, 0.2) is 0 Å². The van der Waals surface area contributed by atoms with Crippen LogP contribution in [0.4, 0.5) is 15.0 Å². The Bertz CT molecular complexity index is 1650. The summed E-state index contributed by atoms with van der Waals surface area (Å²) in [5, 5.41) is 6.29. The number of anilines is 1. The molecule has 40 heavy (non-hydrogen) atoms. The first-order valence-electron chi connectivity index (χ1n) is 12.7. The number of fused-ring (bicyclic) bond motifs is 1. The highest BCUT2D eigenvalue weighted by Gasteiger charge is 2.26. The van der Waals surface area contributed by atoms with Gasteiger partial charge in [-0.2, -0.15) is 0 Å². The number of amides is 2. The lowest BCUT2D eigenvalue weighted by molar-refractivity contribution is -0.118. The molecular formula is C31H28FN5O3. The third kappa shape index (κ3) is 5.99. The average molecular weight is 538 g/mol. The highest BCUT2D eigenvalue weighted by Crippen LogP contribution is 2.38. The monoisotopic (exact) mass is 537 g/mol. The largest absolute Gasteiger partial charge is 0.444 e. The number of alkyl carbamates (subject to hydrolysis) is 1. The third-order valence-electron chi connectivity index (χ3n) is 6.07. The maximum absolute atomic E-state index is 13.6. The zero-order valence-corrected chi connectivity index (χ0v) is 22.2. The minimum absolute atomic E-state index is 0.289. The van der Waals surface area contributed by atoms with Crippen LogP contribution >= 0.6 is 0 Å². The number of hydrogen-bond acceptors (Lipinski definition) is 5. The number of aromatic nitrogens is 3. The lowest BCUT2D eigenvalue weighted by Crippen LogP contribution is -2.40. The molecule has 5 aromatic rings. The van der Waals surface area contributed by atoms with Crippen molar-refractivity contribution in [1.82, 2.24) is 20.3 Å². The predicted molar refractivity (Wildman–Crippen MR) is 152 cm³/mol. The molecule has 0 bridgehead atoms. The molecule has 202 valence electrons. The molecule has 9 heteroatoms. The van der Waals surface area contributed by atoms with Gasteiger partial charge < -0.3 is 20.4 Å². The molecule has 0 aliphatic carbocycles. The quantitative estimate of drug-likeness (QED) is 0.225. The number of rotatable bonds is 6. The Labute approximate surface area is 230 Å². The maximum Gasteiger partial charge on any atom is 0.408 e. The summed E-state index contributed by atoms with van der Waals surface area (Å²) in [5.74, 6) is -0.525. The van der Waals surface area contributed by atoms with Crippen LogP contribution in [0.15, 0.2) is 91.3 Å². The molecule has 0 fully saturated rings. The Kier molecular flexibility index (Phi) is 7.29. The van der Waals surface area contributed by atoms with Crippen molar-refractivity contribution in [3.8, 4) is 22.4 Å². The summed E-state index contributed by atoms with van der Waals surface area (Å²) in [5.41, 5.74) is 3.71. The predicted octanol–water partition coefficient (Wildman–Crippen LogP) is 6.64. The number of carbonyl (C=O) groups excluding carboxylic acids is 2. The second-order valence-corrected chi connectivity index (χ2v) is 10.2. The molecule has 3 N–H and O–H groups in total. The van der Waals surface area contributed by atoms with Crippen molar-refractivity contribution in [2.24, 2.45) is 0 Å². The molecule has 0 spiro atoms. The Morgan fingerprint density at radius 2 is 1.60 bits per heavy atom. The Morgan fingerprint density at radius 1 is 0.900 bits per heavy atom. The van der Waals surface area contributed by atoms with Gasteiger partial charge in [0.25, 0.3) is 5.91 Å². The number of nitrogens with zero attached hydrogens (tertiary/aromatic N) is 2. The van der Waals surface area contributed by atoms with Gasteiger partial charge in [0, 0.05) is 23.3 Å². The summed E-state index contributed by atoms with van der Waals surface area (Å²) in [4.78, 5) is 38.1. The molecule has 0 aliphatic heterocycles. The van der Waals surface area contributed by atoms with Crippen LogP contribution in [-0.4, -0.2) is 32.6 Å². The molecule has 0 saturated heterocycles. The lowest BCUT2D eigenvalue weighted by Gasteiger charge is -2.23. The van der Waals surface area contributed by atoms with E-state index in [1.165, 1.54) is 12.1 Å². The van der Waals surface area contributed by atoms with Crippen LogP contribution in [0.5, 0.6) is 0 Å². The molecular weight excluding hydrogens is 509 g/mol. The number of benzene rings is 2. The van der Waals surface area contributed by atoms with Crippen LogP contribution < -0.4 is 10.6 Å². The first-order chi connectivity index (χ1) is 19.2. The fourth-order valence-electron chi connectivity index (χ4n) is 4.36. The summed E-state index contributed by atoms with van der Waals surface area (Å²) in [7, 11) is 0. The van der Waals surface area contributed by atoms with Gasteiger partial charge in [0.05, 0.1) is 5.69 Å². The van der Waals surface area contributed by atoms with Crippen LogP contribution in [0.3, 0.4) is 0 Å². The molecule has 2 amide bonds. The minimum atomic E-state index is -1.01. The Balaban J connectivity index is 1.49. The van der Waals surface area contributed by atoms with E-state index in [1.807, 2.05) is 24.3 Å². The van der Waals surface area contributed by atoms with Gasteiger partial charge in [-0.3, -0.25) is 9.78 Å². The zero-order valence-electron chi connectivity index (χ0n) is 22.2. The van der Waals surface area contributed by atoms with E-state index in [2.05, 4.69) is 25.6 Å². The van der Waals surface area contributed by atoms with Gasteiger partial charge in [0.1, 0.15) is 28.9 Å². The van der Waals surface area contributed by atoms with Crippen molar-refractivity contribution in [3.63, 3.8) is 0 Å². The number of ether oxygens (including phenoxy) is 1. The topological polar surface area (TPSA) is 109 Å².